The number of rotatable bonds is 7. The minimum Gasteiger partial charge on any atom is -0.326 e. The standard InChI is InChI=1S/C22H24N4O2S/c1-14(2)16-6-10-17(11-7-16)23-19(27)12-13-20-25-26-22(29-20)21(28)24-18-8-4-15(3)5-9-18/h4-11,14H,12-13H2,1-3H3,(H,23,27)(H,24,28). The summed E-state index contributed by atoms with van der Waals surface area (Å²) < 4.78 is 0. The van der Waals surface area contributed by atoms with Gasteiger partial charge in [-0.15, -0.1) is 10.2 Å². The first-order valence-electron chi connectivity index (χ1n) is 9.51. The molecule has 6 nitrogen and oxygen atoms in total. The molecule has 0 aliphatic rings. The Morgan fingerprint density at radius 1 is 0.931 bits per heavy atom. The summed E-state index contributed by atoms with van der Waals surface area (Å²) in [7, 11) is 0. The molecule has 3 rings (SSSR count). The van der Waals surface area contributed by atoms with Crippen molar-refractivity contribution in [2.75, 3.05) is 10.6 Å². The van der Waals surface area contributed by atoms with E-state index in [9.17, 15) is 9.59 Å². The van der Waals surface area contributed by atoms with Gasteiger partial charge < -0.3 is 10.6 Å². The Bertz CT molecular complexity index is 979. The zero-order chi connectivity index (χ0) is 20.8. The first-order valence-corrected chi connectivity index (χ1v) is 10.3. The van der Waals surface area contributed by atoms with Gasteiger partial charge in [0.25, 0.3) is 5.91 Å². The van der Waals surface area contributed by atoms with E-state index in [1.807, 2.05) is 55.5 Å². The molecule has 3 aromatic rings. The molecule has 0 radical (unpaired) electrons. The van der Waals surface area contributed by atoms with E-state index in [4.69, 9.17) is 0 Å². The second-order valence-electron chi connectivity index (χ2n) is 7.15. The maximum Gasteiger partial charge on any atom is 0.286 e. The van der Waals surface area contributed by atoms with Crippen molar-refractivity contribution in [3.63, 3.8) is 0 Å². The normalized spacial score (nSPS) is 10.8. The van der Waals surface area contributed by atoms with Gasteiger partial charge in [0.05, 0.1) is 0 Å². The number of nitrogens with zero attached hydrogens (tertiary/aromatic N) is 2. The van der Waals surface area contributed by atoms with Gasteiger partial charge in [0, 0.05) is 24.2 Å². The molecule has 0 aliphatic heterocycles. The Hall–Kier alpha value is -3.06. The van der Waals surface area contributed by atoms with Gasteiger partial charge in [-0.25, -0.2) is 0 Å². The fourth-order valence-corrected chi connectivity index (χ4v) is 3.40. The number of nitrogens with one attached hydrogen (secondary N) is 2. The molecule has 0 aliphatic carbocycles. The molecule has 0 saturated carbocycles. The monoisotopic (exact) mass is 408 g/mol. The summed E-state index contributed by atoms with van der Waals surface area (Å²) in [6, 6.07) is 15.4. The average molecular weight is 409 g/mol. The second-order valence-corrected chi connectivity index (χ2v) is 8.21. The fraction of sp³-hybridized carbons (Fsp3) is 0.273. The summed E-state index contributed by atoms with van der Waals surface area (Å²) in [6.07, 6.45) is 0.714. The number of carbonyl (C=O) groups is 2. The van der Waals surface area contributed by atoms with Gasteiger partial charge in [0.1, 0.15) is 5.01 Å². The minimum absolute atomic E-state index is 0.0943. The van der Waals surface area contributed by atoms with Crippen LogP contribution in [0.3, 0.4) is 0 Å². The highest BCUT2D eigenvalue weighted by Crippen LogP contribution is 2.18. The highest BCUT2D eigenvalue weighted by molar-refractivity contribution is 7.13. The minimum atomic E-state index is -0.299. The zero-order valence-electron chi connectivity index (χ0n) is 16.7. The lowest BCUT2D eigenvalue weighted by Crippen LogP contribution is -2.12. The molecule has 0 bridgehead atoms. The van der Waals surface area contributed by atoms with Gasteiger partial charge in [-0.2, -0.15) is 0 Å². The van der Waals surface area contributed by atoms with E-state index in [-0.39, 0.29) is 23.2 Å². The Labute approximate surface area is 174 Å². The predicted octanol–water partition coefficient (Wildman–Crippen LogP) is 4.79. The van der Waals surface area contributed by atoms with Crippen LogP contribution in [0.2, 0.25) is 0 Å². The van der Waals surface area contributed by atoms with E-state index >= 15 is 0 Å². The van der Waals surface area contributed by atoms with E-state index < -0.39 is 0 Å². The van der Waals surface area contributed by atoms with Crippen LogP contribution in [0.5, 0.6) is 0 Å². The van der Waals surface area contributed by atoms with Crippen molar-refractivity contribution in [3.05, 3.63) is 69.7 Å². The van der Waals surface area contributed by atoms with Crippen LogP contribution in [0, 0.1) is 6.92 Å². The van der Waals surface area contributed by atoms with Crippen LogP contribution < -0.4 is 10.6 Å². The van der Waals surface area contributed by atoms with Crippen LogP contribution in [-0.4, -0.2) is 22.0 Å². The molecular weight excluding hydrogens is 384 g/mol. The summed E-state index contributed by atoms with van der Waals surface area (Å²) in [5.41, 5.74) is 3.83. The van der Waals surface area contributed by atoms with E-state index in [1.165, 1.54) is 16.9 Å². The number of benzene rings is 2. The Morgan fingerprint density at radius 3 is 2.21 bits per heavy atom. The predicted molar refractivity (Wildman–Crippen MR) is 117 cm³/mol. The number of hydrogen-bond donors (Lipinski definition) is 2. The third-order valence-electron chi connectivity index (χ3n) is 4.40. The molecule has 1 aromatic heterocycles. The highest BCUT2D eigenvalue weighted by atomic mass is 32.1. The summed E-state index contributed by atoms with van der Waals surface area (Å²) in [5.74, 6) is 0.0602. The largest absolute Gasteiger partial charge is 0.326 e. The Kier molecular flexibility index (Phi) is 6.72. The van der Waals surface area contributed by atoms with Gasteiger partial charge in [0.2, 0.25) is 10.9 Å². The molecule has 7 heteroatoms. The Balaban J connectivity index is 1.49. The molecule has 0 spiro atoms. The van der Waals surface area contributed by atoms with Crippen LogP contribution in [0.1, 0.15) is 52.1 Å². The van der Waals surface area contributed by atoms with Gasteiger partial charge in [-0.05, 0) is 42.7 Å². The van der Waals surface area contributed by atoms with E-state index in [0.717, 1.165) is 11.3 Å². The van der Waals surface area contributed by atoms with Gasteiger partial charge in [-0.3, -0.25) is 9.59 Å². The number of aryl methyl sites for hydroxylation is 2. The van der Waals surface area contributed by atoms with Crippen LogP contribution in [0.15, 0.2) is 48.5 Å². The van der Waals surface area contributed by atoms with Crippen molar-refractivity contribution in [1.29, 1.82) is 0 Å². The SMILES string of the molecule is Cc1ccc(NC(=O)c2nnc(CCC(=O)Nc3ccc(C(C)C)cc3)s2)cc1. The number of anilines is 2. The average Bonchev–Trinajstić information content (AvgIpc) is 3.18. The third kappa shape index (κ3) is 5.96. The van der Waals surface area contributed by atoms with Crippen molar-refractivity contribution < 1.29 is 9.59 Å². The quantitative estimate of drug-likeness (QED) is 0.588. The molecule has 0 fully saturated rings. The first-order chi connectivity index (χ1) is 13.9. The maximum atomic E-state index is 12.3. The van der Waals surface area contributed by atoms with Crippen LogP contribution >= 0.6 is 11.3 Å². The van der Waals surface area contributed by atoms with Crippen molar-refractivity contribution >= 4 is 34.5 Å². The van der Waals surface area contributed by atoms with Gasteiger partial charge >= 0.3 is 0 Å². The van der Waals surface area contributed by atoms with Crippen molar-refractivity contribution in [3.8, 4) is 0 Å². The number of hydrogen-bond acceptors (Lipinski definition) is 5. The van der Waals surface area contributed by atoms with Crippen LogP contribution in [0.4, 0.5) is 11.4 Å². The van der Waals surface area contributed by atoms with Gasteiger partial charge in [0.15, 0.2) is 0 Å². The summed E-state index contributed by atoms with van der Waals surface area (Å²) in [5, 5.41) is 14.6. The third-order valence-corrected chi connectivity index (χ3v) is 5.38. The Morgan fingerprint density at radius 2 is 1.55 bits per heavy atom. The topological polar surface area (TPSA) is 84.0 Å². The summed E-state index contributed by atoms with van der Waals surface area (Å²) in [6.45, 7) is 6.25. The first kappa shape index (κ1) is 20.7. The van der Waals surface area contributed by atoms with Crippen LogP contribution in [0.25, 0.3) is 0 Å². The molecule has 2 aromatic carbocycles. The molecule has 0 unspecified atom stereocenters. The molecule has 2 amide bonds. The second kappa shape index (κ2) is 9.43. The lowest BCUT2D eigenvalue weighted by atomic mass is 10.0. The van der Waals surface area contributed by atoms with Gasteiger partial charge in [-0.1, -0.05) is 55.0 Å². The molecule has 150 valence electrons. The smallest absolute Gasteiger partial charge is 0.286 e. The molecule has 0 saturated heterocycles. The zero-order valence-corrected chi connectivity index (χ0v) is 17.5. The summed E-state index contributed by atoms with van der Waals surface area (Å²) in [4.78, 5) is 24.5. The fourth-order valence-electron chi connectivity index (χ4n) is 2.66. The summed E-state index contributed by atoms with van der Waals surface area (Å²) >= 11 is 1.20. The van der Waals surface area contributed by atoms with Crippen LogP contribution in [-0.2, 0) is 11.2 Å². The van der Waals surface area contributed by atoms with Crippen molar-refractivity contribution in [2.24, 2.45) is 0 Å². The lowest BCUT2D eigenvalue weighted by Gasteiger charge is -2.08. The molecule has 2 N–H and O–H groups in total. The molecular formula is C22H24N4O2S. The van der Waals surface area contributed by atoms with E-state index in [1.54, 1.807) is 0 Å². The lowest BCUT2D eigenvalue weighted by molar-refractivity contribution is -0.116. The number of carbonyl (C=O) groups excluding carboxylic acids is 2. The maximum absolute atomic E-state index is 12.3. The number of amides is 2. The van der Waals surface area contributed by atoms with E-state index in [2.05, 4.69) is 34.7 Å². The van der Waals surface area contributed by atoms with Crippen molar-refractivity contribution in [1.82, 2.24) is 10.2 Å². The number of aromatic nitrogens is 2. The molecule has 1 heterocycles. The van der Waals surface area contributed by atoms with E-state index in [0.29, 0.717) is 23.0 Å². The molecule has 29 heavy (non-hydrogen) atoms. The highest BCUT2D eigenvalue weighted by Gasteiger charge is 2.14. The molecule has 0 atom stereocenters. The van der Waals surface area contributed by atoms with Crippen molar-refractivity contribution in [2.45, 2.75) is 39.5 Å².